The number of halogens is 2. The largest absolute Gasteiger partial charge is 0.493 e. The maximum atomic E-state index is 6.74. The van der Waals surface area contributed by atoms with Gasteiger partial charge in [-0.05, 0) is 70.4 Å². The standard InChI is InChI=1S/C18H18BrClO/c1-2-21-17-8-7-14(11-16(17)19)18(20)15-9-12-5-3-4-6-13(12)10-15/h3-8,11,15,18H,2,9-10H2,1H3. The van der Waals surface area contributed by atoms with E-state index in [1.165, 1.54) is 11.1 Å². The fourth-order valence-electron chi connectivity index (χ4n) is 3.03. The highest BCUT2D eigenvalue weighted by Crippen LogP contribution is 2.40. The minimum absolute atomic E-state index is 0.0318. The van der Waals surface area contributed by atoms with Gasteiger partial charge in [-0.25, -0.2) is 0 Å². The van der Waals surface area contributed by atoms with Crippen LogP contribution < -0.4 is 4.74 Å². The Hall–Kier alpha value is -0.990. The summed E-state index contributed by atoms with van der Waals surface area (Å²) in [4.78, 5) is 0. The second-order valence-corrected chi connectivity index (χ2v) is 6.79. The first-order valence-corrected chi connectivity index (χ1v) is 8.55. The summed E-state index contributed by atoms with van der Waals surface area (Å²) in [6.07, 6.45) is 2.13. The summed E-state index contributed by atoms with van der Waals surface area (Å²) in [5, 5.41) is 0.0318. The molecule has 2 aromatic carbocycles. The van der Waals surface area contributed by atoms with Gasteiger partial charge >= 0.3 is 0 Å². The Labute approximate surface area is 139 Å². The molecule has 0 aliphatic heterocycles. The molecule has 1 nitrogen and oxygen atoms in total. The molecule has 3 rings (SSSR count). The van der Waals surface area contributed by atoms with E-state index in [0.29, 0.717) is 12.5 Å². The maximum Gasteiger partial charge on any atom is 0.133 e. The van der Waals surface area contributed by atoms with Gasteiger partial charge in [0.25, 0.3) is 0 Å². The average Bonchev–Trinajstić information content (AvgIpc) is 2.92. The molecular weight excluding hydrogens is 348 g/mol. The van der Waals surface area contributed by atoms with Gasteiger partial charge in [-0.3, -0.25) is 0 Å². The minimum Gasteiger partial charge on any atom is -0.493 e. The smallest absolute Gasteiger partial charge is 0.133 e. The van der Waals surface area contributed by atoms with Crippen molar-refractivity contribution in [3.05, 3.63) is 63.6 Å². The predicted octanol–water partition coefficient (Wildman–Crippen LogP) is 5.54. The normalized spacial score (nSPS) is 15.8. The fraction of sp³-hybridized carbons (Fsp3) is 0.333. The number of ether oxygens (including phenoxy) is 1. The zero-order valence-electron chi connectivity index (χ0n) is 12.0. The van der Waals surface area contributed by atoms with Crippen molar-refractivity contribution in [1.82, 2.24) is 0 Å². The Bertz CT molecular complexity index is 616. The average molecular weight is 366 g/mol. The molecule has 0 saturated carbocycles. The molecular formula is C18H18BrClO. The van der Waals surface area contributed by atoms with E-state index in [0.717, 1.165) is 28.6 Å². The molecule has 1 unspecified atom stereocenters. The van der Waals surface area contributed by atoms with Crippen molar-refractivity contribution in [2.24, 2.45) is 5.92 Å². The monoisotopic (exact) mass is 364 g/mol. The molecule has 0 radical (unpaired) electrons. The fourth-order valence-corrected chi connectivity index (χ4v) is 3.86. The minimum atomic E-state index is 0.0318. The summed E-state index contributed by atoms with van der Waals surface area (Å²) in [6.45, 7) is 2.65. The van der Waals surface area contributed by atoms with Crippen LogP contribution in [0, 0.1) is 5.92 Å². The van der Waals surface area contributed by atoms with Gasteiger partial charge in [-0.1, -0.05) is 30.3 Å². The van der Waals surface area contributed by atoms with Gasteiger partial charge in [0.05, 0.1) is 16.5 Å². The predicted molar refractivity (Wildman–Crippen MR) is 91.2 cm³/mol. The summed E-state index contributed by atoms with van der Waals surface area (Å²) in [7, 11) is 0. The van der Waals surface area contributed by atoms with Crippen molar-refractivity contribution in [3.8, 4) is 5.75 Å². The number of rotatable bonds is 4. The van der Waals surface area contributed by atoms with E-state index < -0.39 is 0 Å². The molecule has 1 atom stereocenters. The van der Waals surface area contributed by atoms with Crippen LogP contribution in [0.1, 0.15) is 29.0 Å². The second kappa shape index (κ2) is 6.41. The van der Waals surface area contributed by atoms with Crippen molar-refractivity contribution >= 4 is 27.5 Å². The molecule has 0 amide bonds. The molecule has 21 heavy (non-hydrogen) atoms. The van der Waals surface area contributed by atoms with Gasteiger partial charge < -0.3 is 4.74 Å². The van der Waals surface area contributed by atoms with Gasteiger partial charge in [0, 0.05) is 0 Å². The molecule has 0 heterocycles. The number of alkyl halides is 1. The third-order valence-corrected chi connectivity index (χ3v) is 5.30. The molecule has 2 aromatic rings. The van der Waals surface area contributed by atoms with E-state index >= 15 is 0 Å². The van der Waals surface area contributed by atoms with Crippen LogP contribution in [-0.4, -0.2) is 6.61 Å². The summed E-state index contributed by atoms with van der Waals surface area (Å²) in [5.74, 6) is 1.34. The van der Waals surface area contributed by atoms with Crippen LogP contribution in [0.5, 0.6) is 5.75 Å². The van der Waals surface area contributed by atoms with Crippen LogP contribution >= 0.6 is 27.5 Å². The van der Waals surface area contributed by atoms with Crippen molar-refractivity contribution in [2.75, 3.05) is 6.61 Å². The molecule has 0 fully saturated rings. The van der Waals surface area contributed by atoms with Crippen LogP contribution in [0.2, 0.25) is 0 Å². The Kier molecular flexibility index (Phi) is 4.56. The molecule has 1 aliphatic carbocycles. The molecule has 110 valence electrons. The third-order valence-electron chi connectivity index (χ3n) is 4.07. The number of fused-ring (bicyclic) bond motifs is 1. The van der Waals surface area contributed by atoms with E-state index in [2.05, 4.69) is 52.3 Å². The van der Waals surface area contributed by atoms with E-state index in [1.807, 2.05) is 13.0 Å². The zero-order chi connectivity index (χ0) is 14.8. The quantitative estimate of drug-likeness (QED) is 0.646. The molecule has 0 N–H and O–H groups in total. The Morgan fingerprint density at radius 1 is 1.19 bits per heavy atom. The summed E-state index contributed by atoms with van der Waals surface area (Å²) < 4.78 is 6.53. The number of hydrogen-bond donors (Lipinski definition) is 0. The van der Waals surface area contributed by atoms with Gasteiger partial charge in [0.1, 0.15) is 5.75 Å². The molecule has 0 spiro atoms. The van der Waals surface area contributed by atoms with Crippen molar-refractivity contribution in [2.45, 2.75) is 25.1 Å². The van der Waals surface area contributed by atoms with Crippen LogP contribution in [-0.2, 0) is 12.8 Å². The van der Waals surface area contributed by atoms with E-state index in [4.69, 9.17) is 16.3 Å². The van der Waals surface area contributed by atoms with Crippen molar-refractivity contribution < 1.29 is 4.74 Å². The molecule has 1 aliphatic rings. The van der Waals surface area contributed by atoms with Crippen LogP contribution in [0.4, 0.5) is 0 Å². The van der Waals surface area contributed by atoms with Crippen LogP contribution in [0.15, 0.2) is 46.9 Å². The lowest BCUT2D eigenvalue weighted by Crippen LogP contribution is -2.08. The molecule has 0 bridgehead atoms. The van der Waals surface area contributed by atoms with Gasteiger partial charge in [-0.2, -0.15) is 0 Å². The molecule has 3 heteroatoms. The Morgan fingerprint density at radius 3 is 2.43 bits per heavy atom. The first-order chi connectivity index (χ1) is 10.2. The maximum absolute atomic E-state index is 6.74. The summed E-state index contributed by atoms with van der Waals surface area (Å²) in [5.41, 5.74) is 4.04. The van der Waals surface area contributed by atoms with E-state index in [9.17, 15) is 0 Å². The highest BCUT2D eigenvalue weighted by Gasteiger charge is 2.28. The van der Waals surface area contributed by atoms with Crippen LogP contribution in [0.25, 0.3) is 0 Å². The van der Waals surface area contributed by atoms with Gasteiger partial charge in [0.2, 0.25) is 0 Å². The van der Waals surface area contributed by atoms with Gasteiger partial charge in [0.15, 0.2) is 0 Å². The Balaban J connectivity index is 1.77. The van der Waals surface area contributed by atoms with Crippen molar-refractivity contribution in [3.63, 3.8) is 0 Å². The van der Waals surface area contributed by atoms with Gasteiger partial charge in [-0.15, -0.1) is 11.6 Å². The lowest BCUT2D eigenvalue weighted by Gasteiger charge is -2.18. The molecule has 0 saturated heterocycles. The van der Waals surface area contributed by atoms with Crippen LogP contribution in [0.3, 0.4) is 0 Å². The van der Waals surface area contributed by atoms with E-state index in [1.54, 1.807) is 0 Å². The Morgan fingerprint density at radius 2 is 1.86 bits per heavy atom. The first kappa shape index (κ1) is 14.9. The lowest BCUT2D eigenvalue weighted by molar-refractivity contribution is 0.338. The topological polar surface area (TPSA) is 9.23 Å². The zero-order valence-corrected chi connectivity index (χ0v) is 14.3. The van der Waals surface area contributed by atoms with Crippen molar-refractivity contribution in [1.29, 1.82) is 0 Å². The highest BCUT2D eigenvalue weighted by atomic mass is 79.9. The second-order valence-electron chi connectivity index (χ2n) is 5.46. The summed E-state index contributed by atoms with van der Waals surface area (Å²) in [6, 6.07) is 14.8. The third kappa shape index (κ3) is 3.12. The number of benzene rings is 2. The molecule has 0 aromatic heterocycles. The highest BCUT2D eigenvalue weighted by molar-refractivity contribution is 9.10. The number of hydrogen-bond acceptors (Lipinski definition) is 1. The SMILES string of the molecule is CCOc1ccc(C(Cl)C2Cc3ccccc3C2)cc1Br. The lowest BCUT2D eigenvalue weighted by atomic mass is 9.96. The first-order valence-electron chi connectivity index (χ1n) is 7.32. The summed E-state index contributed by atoms with van der Waals surface area (Å²) >= 11 is 10.3. The van der Waals surface area contributed by atoms with E-state index in [-0.39, 0.29) is 5.38 Å².